The summed E-state index contributed by atoms with van der Waals surface area (Å²) in [6.07, 6.45) is 0. The molecule has 0 unspecified atom stereocenters. The van der Waals surface area contributed by atoms with E-state index < -0.39 is 0 Å². The number of benzene rings is 1. The highest BCUT2D eigenvalue weighted by Gasteiger charge is 2.23. The number of carbonyl (C=O) groups excluding carboxylic acids is 1. The number of anilines is 1. The lowest BCUT2D eigenvalue weighted by atomic mass is 10.0. The van der Waals surface area contributed by atoms with Crippen molar-refractivity contribution in [2.75, 3.05) is 5.32 Å². The fourth-order valence-corrected chi connectivity index (χ4v) is 3.54. The molecule has 5 nitrogen and oxygen atoms in total. The molecular formula is C17H19N3O2S. The van der Waals surface area contributed by atoms with Crippen LogP contribution < -0.4 is 5.32 Å². The van der Waals surface area contributed by atoms with Gasteiger partial charge in [-0.3, -0.25) is 10.1 Å². The second kappa shape index (κ2) is 5.77. The van der Waals surface area contributed by atoms with Crippen molar-refractivity contribution in [2.24, 2.45) is 0 Å². The third kappa shape index (κ3) is 2.74. The molecule has 1 aromatic carbocycles. The van der Waals surface area contributed by atoms with Gasteiger partial charge in [-0.1, -0.05) is 42.5 Å². The lowest BCUT2D eigenvalue weighted by Crippen LogP contribution is -2.14. The Morgan fingerprint density at radius 2 is 1.91 bits per heavy atom. The molecular weight excluding hydrogens is 310 g/mol. The molecule has 0 atom stereocenters. The van der Waals surface area contributed by atoms with Crippen LogP contribution in [0.5, 0.6) is 0 Å². The van der Waals surface area contributed by atoms with Gasteiger partial charge in [0.1, 0.15) is 5.56 Å². The molecule has 1 amide bonds. The summed E-state index contributed by atoms with van der Waals surface area (Å²) in [5.74, 6) is 0.479. The molecule has 0 radical (unpaired) electrons. The topological polar surface area (TPSA) is 68.0 Å². The number of thiazole rings is 1. The van der Waals surface area contributed by atoms with Crippen LogP contribution in [-0.4, -0.2) is 16.0 Å². The van der Waals surface area contributed by atoms with Crippen molar-refractivity contribution in [3.63, 3.8) is 0 Å². The molecule has 120 valence electrons. The number of aryl methyl sites for hydroxylation is 3. The zero-order chi connectivity index (χ0) is 16.7. The number of aromatic nitrogens is 2. The van der Waals surface area contributed by atoms with E-state index in [0.717, 1.165) is 21.3 Å². The van der Waals surface area contributed by atoms with Gasteiger partial charge < -0.3 is 4.52 Å². The second-order valence-corrected chi connectivity index (χ2v) is 7.01. The van der Waals surface area contributed by atoms with Gasteiger partial charge in [0, 0.05) is 5.92 Å². The van der Waals surface area contributed by atoms with E-state index in [2.05, 4.69) is 21.5 Å². The maximum atomic E-state index is 12.6. The van der Waals surface area contributed by atoms with Crippen LogP contribution in [0.15, 0.2) is 16.7 Å². The van der Waals surface area contributed by atoms with E-state index in [1.807, 2.05) is 33.8 Å². The van der Waals surface area contributed by atoms with Crippen LogP contribution in [0.2, 0.25) is 0 Å². The Morgan fingerprint density at radius 1 is 1.22 bits per heavy atom. The maximum absolute atomic E-state index is 12.6. The van der Waals surface area contributed by atoms with E-state index in [-0.39, 0.29) is 11.8 Å². The summed E-state index contributed by atoms with van der Waals surface area (Å²) in [5.41, 5.74) is 4.31. The highest BCUT2D eigenvalue weighted by molar-refractivity contribution is 7.22. The standard InChI is InChI=1S/C17H19N3O2S/c1-8(2)14-12(11(5)20-22-14)16(21)19-17-18-13-9(3)6-7-10(4)15(13)23-17/h6-8H,1-5H3,(H,18,19,21). The molecule has 0 saturated carbocycles. The van der Waals surface area contributed by atoms with E-state index in [1.165, 1.54) is 11.3 Å². The molecule has 0 aliphatic rings. The number of hydrogen-bond acceptors (Lipinski definition) is 5. The molecule has 0 bridgehead atoms. The molecule has 0 fully saturated rings. The third-order valence-corrected chi connectivity index (χ3v) is 4.91. The average molecular weight is 329 g/mol. The summed E-state index contributed by atoms with van der Waals surface area (Å²) < 4.78 is 6.39. The van der Waals surface area contributed by atoms with Crippen molar-refractivity contribution in [1.82, 2.24) is 10.1 Å². The van der Waals surface area contributed by atoms with E-state index in [9.17, 15) is 4.79 Å². The number of rotatable bonds is 3. The van der Waals surface area contributed by atoms with Crippen LogP contribution in [0, 0.1) is 20.8 Å². The number of amides is 1. The molecule has 6 heteroatoms. The minimum absolute atomic E-state index is 0.0943. The molecule has 3 aromatic rings. The maximum Gasteiger partial charge on any atom is 0.262 e. The monoisotopic (exact) mass is 329 g/mol. The third-order valence-electron chi connectivity index (χ3n) is 3.80. The lowest BCUT2D eigenvalue weighted by molar-refractivity contribution is 0.102. The summed E-state index contributed by atoms with van der Waals surface area (Å²) in [6.45, 7) is 9.79. The lowest BCUT2D eigenvalue weighted by Gasteiger charge is -2.04. The van der Waals surface area contributed by atoms with E-state index in [0.29, 0.717) is 22.1 Å². The predicted molar refractivity (Wildman–Crippen MR) is 92.4 cm³/mol. The highest BCUT2D eigenvalue weighted by Crippen LogP contribution is 2.31. The van der Waals surface area contributed by atoms with E-state index >= 15 is 0 Å². The van der Waals surface area contributed by atoms with Gasteiger partial charge in [-0.05, 0) is 31.9 Å². The first-order chi connectivity index (χ1) is 10.9. The summed E-state index contributed by atoms with van der Waals surface area (Å²) in [5, 5.41) is 7.41. The molecule has 2 heterocycles. The molecule has 23 heavy (non-hydrogen) atoms. The van der Waals surface area contributed by atoms with E-state index in [4.69, 9.17) is 4.52 Å². The number of nitrogens with one attached hydrogen (secondary N) is 1. The van der Waals surface area contributed by atoms with Crippen LogP contribution >= 0.6 is 11.3 Å². The Labute approximate surface area is 138 Å². The zero-order valence-electron chi connectivity index (χ0n) is 13.9. The van der Waals surface area contributed by atoms with Gasteiger partial charge in [0.15, 0.2) is 10.9 Å². The fraction of sp³-hybridized carbons (Fsp3) is 0.353. The van der Waals surface area contributed by atoms with Gasteiger partial charge in [-0.15, -0.1) is 0 Å². The van der Waals surface area contributed by atoms with Crippen LogP contribution in [0.3, 0.4) is 0 Å². The summed E-state index contributed by atoms with van der Waals surface area (Å²) >= 11 is 1.49. The summed E-state index contributed by atoms with van der Waals surface area (Å²) in [7, 11) is 0. The van der Waals surface area contributed by atoms with E-state index in [1.54, 1.807) is 6.92 Å². The van der Waals surface area contributed by atoms with Gasteiger partial charge in [0.05, 0.1) is 15.9 Å². The normalized spacial score (nSPS) is 11.4. The van der Waals surface area contributed by atoms with Crippen LogP contribution in [0.1, 0.15) is 52.7 Å². The highest BCUT2D eigenvalue weighted by atomic mass is 32.1. The van der Waals surface area contributed by atoms with Crippen LogP contribution in [0.25, 0.3) is 10.2 Å². The number of fused-ring (bicyclic) bond motifs is 1. The Morgan fingerprint density at radius 3 is 2.57 bits per heavy atom. The van der Waals surface area contributed by atoms with Gasteiger partial charge in [-0.25, -0.2) is 4.98 Å². The van der Waals surface area contributed by atoms with Crippen molar-refractivity contribution in [3.8, 4) is 0 Å². The summed E-state index contributed by atoms with van der Waals surface area (Å²) in [4.78, 5) is 17.2. The molecule has 2 aromatic heterocycles. The first kappa shape index (κ1) is 15.7. The summed E-state index contributed by atoms with van der Waals surface area (Å²) in [6, 6.07) is 4.12. The quantitative estimate of drug-likeness (QED) is 0.763. The van der Waals surface area contributed by atoms with Crippen molar-refractivity contribution in [3.05, 3.63) is 40.3 Å². The second-order valence-electron chi connectivity index (χ2n) is 6.01. The number of carbonyl (C=O) groups is 1. The molecule has 1 N–H and O–H groups in total. The first-order valence-electron chi connectivity index (χ1n) is 7.52. The molecule has 0 aliphatic heterocycles. The molecule has 0 spiro atoms. The predicted octanol–water partition coefficient (Wildman–Crippen LogP) is 4.59. The molecule has 0 aliphatic carbocycles. The van der Waals surface area contributed by atoms with Gasteiger partial charge in [-0.2, -0.15) is 0 Å². The van der Waals surface area contributed by atoms with Crippen molar-refractivity contribution >= 4 is 32.6 Å². The average Bonchev–Trinajstić information content (AvgIpc) is 3.07. The largest absolute Gasteiger partial charge is 0.360 e. The SMILES string of the molecule is Cc1noc(C(C)C)c1C(=O)Nc1nc2c(C)ccc(C)c2s1. The molecule has 0 saturated heterocycles. The first-order valence-corrected chi connectivity index (χ1v) is 8.34. The van der Waals surface area contributed by atoms with Crippen molar-refractivity contribution < 1.29 is 9.32 Å². The van der Waals surface area contributed by atoms with Crippen molar-refractivity contribution in [1.29, 1.82) is 0 Å². The Bertz CT molecular complexity index is 854. The van der Waals surface area contributed by atoms with Crippen LogP contribution in [-0.2, 0) is 0 Å². The van der Waals surface area contributed by atoms with Gasteiger partial charge >= 0.3 is 0 Å². The number of nitrogens with zero attached hydrogens (tertiary/aromatic N) is 2. The Kier molecular flexibility index (Phi) is 3.93. The molecule has 3 rings (SSSR count). The van der Waals surface area contributed by atoms with Crippen molar-refractivity contribution in [2.45, 2.75) is 40.5 Å². The fourth-order valence-electron chi connectivity index (χ4n) is 2.53. The minimum Gasteiger partial charge on any atom is -0.360 e. The minimum atomic E-state index is -0.221. The Balaban J connectivity index is 1.97. The number of hydrogen-bond donors (Lipinski definition) is 1. The smallest absolute Gasteiger partial charge is 0.262 e. The van der Waals surface area contributed by atoms with Gasteiger partial charge in [0.25, 0.3) is 5.91 Å². The Hall–Kier alpha value is -2.21. The van der Waals surface area contributed by atoms with Gasteiger partial charge in [0.2, 0.25) is 0 Å². The zero-order valence-corrected chi connectivity index (χ0v) is 14.7. The van der Waals surface area contributed by atoms with Crippen LogP contribution in [0.4, 0.5) is 5.13 Å².